The van der Waals surface area contributed by atoms with E-state index in [1.165, 1.54) is 10.4 Å². The monoisotopic (exact) mass is 389 g/mol. The topological polar surface area (TPSA) is 46.1 Å². The maximum absolute atomic E-state index is 5.39. The van der Waals surface area contributed by atoms with Crippen molar-refractivity contribution in [3.05, 3.63) is 46.2 Å². The highest BCUT2D eigenvalue weighted by molar-refractivity contribution is 7.09. The van der Waals surface area contributed by atoms with E-state index in [-0.39, 0.29) is 0 Å². The molecule has 0 saturated heterocycles. The van der Waals surface area contributed by atoms with Gasteiger partial charge < -0.3 is 19.7 Å². The van der Waals surface area contributed by atoms with Crippen molar-refractivity contribution in [1.29, 1.82) is 0 Å². The number of thiophene rings is 1. The van der Waals surface area contributed by atoms with Gasteiger partial charge in [-0.05, 0) is 47.9 Å². The first-order chi connectivity index (χ1) is 13.1. The minimum atomic E-state index is 0.555. The lowest BCUT2D eigenvalue weighted by Gasteiger charge is -2.23. The Morgan fingerprint density at radius 3 is 2.63 bits per heavy atom. The molecule has 0 aliphatic heterocycles. The van der Waals surface area contributed by atoms with Crippen molar-refractivity contribution in [3.63, 3.8) is 0 Å². The summed E-state index contributed by atoms with van der Waals surface area (Å²) in [6.45, 7) is 4.05. The molecule has 1 N–H and O–H groups in total. The van der Waals surface area contributed by atoms with Crippen molar-refractivity contribution < 1.29 is 9.47 Å². The minimum absolute atomic E-state index is 0.555. The van der Waals surface area contributed by atoms with Crippen LogP contribution in [0, 0.1) is 5.92 Å². The van der Waals surface area contributed by atoms with Gasteiger partial charge in [0.05, 0.1) is 14.2 Å². The number of likely N-dealkylation sites (N-methyl/N-ethyl adjacent to an activating group) is 1. The fraction of sp³-hybridized carbons (Fsp3) is 0.476. The number of guanidine groups is 1. The fourth-order valence-corrected chi connectivity index (χ4v) is 3.80. The van der Waals surface area contributed by atoms with Gasteiger partial charge in [-0.25, -0.2) is 0 Å². The van der Waals surface area contributed by atoms with Gasteiger partial charge in [-0.3, -0.25) is 4.99 Å². The normalized spacial score (nSPS) is 12.6. The Bertz CT molecular complexity index is 716. The van der Waals surface area contributed by atoms with Crippen LogP contribution in [0.25, 0.3) is 0 Å². The smallest absolute Gasteiger partial charge is 0.193 e. The molecular weight excluding hydrogens is 358 g/mol. The number of aliphatic imine (C=N–C) groups is 1. The Balaban J connectivity index is 1.83. The number of nitrogens with zero attached hydrogens (tertiary/aromatic N) is 2. The third-order valence-corrected chi connectivity index (χ3v) is 5.39. The molecular formula is C21H31N3O2S. The van der Waals surface area contributed by atoms with Crippen LogP contribution in [0.15, 0.2) is 40.7 Å². The highest BCUT2D eigenvalue weighted by Crippen LogP contribution is 2.27. The number of nitrogens with one attached hydrogen (secondary N) is 1. The van der Waals surface area contributed by atoms with Crippen molar-refractivity contribution in [2.45, 2.75) is 19.8 Å². The van der Waals surface area contributed by atoms with Gasteiger partial charge in [0.15, 0.2) is 17.5 Å². The number of hydrogen-bond donors (Lipinski definition) is 1. The summed E-state index contributed by atoms with van der Waals surface area (Å²) in [6.07, 6.45) is 2.00. The number of methoxy groups -OCH3 is 2. The highest BCUT2D eigenvalue weighted by atomic mass is 32.1. The number of rotatable bonds is 9. The number of benzene rings is 1. The Morgan fingerprint density at radius 1 is 1.22 bits per heavy atom. The molecule has 2 rings (SSSR count). The van der Waals surface area contributed by atoms with E-state index in [4.69, 9.17) is 9.47 Å². The van der Waals surface area contributed by atoms with Crippen molar-refractivity contribution in [1.82, 2.24) is 10.2 Å². The van der Waals surface area contributed by atoms with E-state index in [2.05, 4.69) is 52.8 Å². The quantitative estimate of drug-likeness (QED) is 0.525. The summed E-state index contributed by atoms with van der Waals surface area (Å²) in [7, 11) is 7.22. The van der Waals surface area contributed by atoms with E-state index < -0.39 is 0 Å². The van der Waals surface area contributed by atoms with E-state index in [9.17, 15) is 0 Å². The molecule has 0 aliphatic carbocycles. The molecule has 1 aromatic heterocycles. The Morgan fingerprint density at radius 2 is 2.00 bits per heavy atom. The standard InChI is InChI=1S/C21H31N3O2S/c1-16(13-18-7-6-12-27-18)15-23-21(22-2)24(3)11-10-17-8-9-19(25-4)20(14-17)26-5/h6-9,12,14,16H,10-11,13,15H2,1-5H3,(H,22,23). The summed E-state index contributed by atoms with van der Waals surface area (Å²) in [6, 6.07) is 10.4. The van der Waals surface area contributed by atoms with Gasteiger partial charge in [0.1, 0.15) is 0 Å². The molecule has 148 valence electrons. The fourth-order valence-electron chi connectivity index (χ4n) is 2.93. The maximum Gasteiger partial charge on any atom is 0.193 e. The second-order valence-electron chi connectivity index (χ2n) is 6.68. The molecule has 1 heterocycles. The minimum Gasteiger partial charge on any atom is -0.493 e. The van der Waals surface area contributed by atoms with E-state index in [1.807, 2.05) is 30.5 Å². The van der Waals surface area contributed by atoms with Gasteiger partial charge in [-0.15, -0.1) is 11.3 Å². The lowest BCUT2D eigenvalue weighted by molar-refractivity contribution is 0.354. The van der Waals surface area contributed by atoms with Crippen LogP contribution in [0.2, 0.25) is 0 Å². The lowest BCUT2D eigenvalue weighted by Crippen LogP contribution is -2.41. The Hall–Kier alpha value is -2.21. The Labute approximate surface area is 167 Å². The number of ether oxygens (including phenoxy) is 2. The van der Waals surface area contributed by atoms with E-state index in [0.29, 0.717) is 5.92 Å². The maximum atomic E-state index is 5.39. The molecule has 0 amide bonds. The molecule has 0 spiro atoms. The van der Waals surface area contributed by atoms with Crippen LogP contribution < -0.4 is 14.8 Å². The van der Waals surface area contributed by atoms with Crippen molar-refractivity contribution in [2.75, 3.05) is 41.4 Å². The lowest BCUT2D eigenvalue weighted by atomic mass is 10.1. The van der Waals surface area contributed by atoms with Crippen LogP contribution in [0.4, 0.5) is 0 Å². The molecule has 27 heavy (non-hydrogen) atoms. The molecule has 6 heteroatoms. The second-order valence-corrected chi connectivity index (χ2v) is 7.71. The highest BCUT2D eigenvalue weighted by Gasteiger charge is 2.10. The van der Waals surface area contributed by atoms with Crippen LogP contribution in [0.3, 0.4) is 0 Å². The van der Waals surface area contributed by atoms with E-state index in [0.717, 1.165) is 43.4 Å². The zero-order valence-corrected chi connectivity index (χ0v) is 17.8. The van der Waals surface area contributed by atoms with Crippen LogP contribution in [0.1, 0.15) is 17.4 Å². The van der Waals surface area contributed by atoms with Crippen LogP contribution >= 0.6 is 11.3 Å². The van der Waals surface area contributed by atoms with Gasteiger partial charge in [0.2, 0.25) is 0 Å². The van der Waals surface area contributed by atoms with Crippen LogP contribution in [-0.4, -0.2) is 52.3 Å². The zero-order chi connectivity index (χ0) is 19.6. The third kappa shape index (κ3) is 6.47. The zero-order valence-electron chi connectivity index (χ0n) is 17.0. The van der Waals surface area contributed by atoms with Crippen LogP contribution in [-0.2, 0) is 12.8 Å². The van der Waals surface area contributed by atoms with Crippen molar-refractivity contribution >= 4 is 17.3 Å². The predicted octanol–water partition coefficient (Wildman–Crippen LogP) is 3.69. The summed E-state index contributed by atoms with van der Waals surface area (Å²) in [5.41, 5.74) is 1.21. The van der Waals surface area contributed by atoms with Crippen molar-refractivity contribution in [3.8, 4) is 11.5 Å². The molecule has 1 atom stereocenters. The predicted molar refractivity (Wildman–Crippen MR) is 114 cm³/mol. The van der Waals surface area contributed by atoms with E-state index in [1.54, 1.807) is 14.2 Å². The SMILES string of the molecule is CN=C(NCC(C)Cc1cccs1)N(C)CCc1ccc(OC)c(OC)c1. The second kappa shape index (κ2) is 10.8. The van der Waals surface area contributed by atoms with Gasteiger partial charge in [0, 0.05) is 32.1 Å². The molecule has 1 aromatic carbocycles. The molecule has 0 bridgehead atoms. The molecule has 0 saturated carbocycles. The average molecular weight is 390 g/mol. The summed E-state index contributed by atoms with van der Waals surface area (Å²) < 4.78 is 10.7. The van der Waals surface area contributed by atoms with E-state index >= 15 is 0 Å². The summed E-state index contributed by atoms with van der Waals surface area (Å²) in [5.74, 6) is 3.00. The molecule has 2 aromatic rings. The molecule has 1 unspecified atom stereocenters. The average Bonchev–Trinajstić information content (AvgIpc) is 3.19. The summed E-state index contributed by atoms with van der Waals surface area (Å²) >= 11 is 1.82. The van der Waals surface area contributed by atoms with Gasteiger partial charge in [-0.2, -0.15) is 0 Å². The first-order valence-corrected chi connectivity index (χ1v) is 10.1. The first-order valence-electron chi connectivity index (χ1n) is 9.22. The van der Waals surface area contributed by atoms with Gasteiger partial charge in [0.25, 0.3) is 0 Å². The summed E-state index contributed by atoms with van der Waals surface area (Å²) in [4.78, 5) is 8.01. The third-order valence-electron chi connectivity index (χ3n) is 4.50. The molecule has 0 radical (unpaired) electrons. The van der Waals surface area contributed by atoms with Gasteiger partial charge >= 0.3 is 0 Å². The molecule has 0 fully saturated rings. The molecule has 0 aliphatic rings. The van der Waals surface area contributed by atoms with Crippen molar-refractivity contribution in [2.24, 2.45) is 10.9 Å². The Kier molecular flexibility index (Phi) is 8.45. The van der Waals surface area contributed by atoms with Gasteiger partial charge in [-0.1, -0.05) is 19.1 Å². The number of hydrogen-bond acceptors (Lipinski definition) is 4. The molecule has 5 nitrogen and oxygen atoms in total. The largest absolute Gasteiger partial charge is 0.493 e. The first kappa shape index (κ1) is 21.1. The summed E-state index contributed by atoms with van der Waals surface area (Å²) in [5, 5.41) is 5.63. The van der Waals surface area contributed by atoms with Crippen LogP contribution in [0.5, 0.6) is 11.5 Å².